The van der Waals surface area contributed by atoms with Gasteiger partial charge in [0.1, 0.15) is 16.5 Å². The Morgan fingerprint density at radius 1 is 1.58 bits per heavy atom. The van der Waals surface area contributed by atoms with Gasteiger partial charge in [-0.15, -0.1) is 0 Å². The van der Waals surface area contributed by atoms with Crippen molar-refractivity contribution in [3.8, 4) is 0 Å². The van der Waals surface area contributed by atoms with Crippen LogP contribution >= 0.6 is 15.9 Å². The summed E-state index contributed by atoms with van der Waals surface area (Å²) in [5.74, 6) is 0. The third-order valence-electron chi connectivity index (χ3n) is 1.86. The van der Waals surface area contributed by atoms with Crippen molar-refractivity contribution in [2.45, 2.75) is 18.7 Å². The van der Waals surface area contributed by atoms with Gasteiger partial charge in [-0.3, -0.25) is 0 Å². The summed E-state index contributed by atoms with van der Waals surface area (Å²) in [6.07, 6.45) is 7.79. The van der Waals surface area contributed by atoms with Crippen molar-refractivity contribution in [3.63, 3.8) is 0 Å². The van der Waals surface area contributed by atoms with Crippen LogP contribution in [-0.4, -0.2) is 11.1 Å². The first-order chi connectivity index (χ1) is 5.66. The third kappa shape index (κ3) is 1.71. The summed E-state index contributed by atoms with van der Waals surface area (Å²) in [6.45, 7) is 3.95. The van der Waals surface area contributed by atoms with Crippen LogP contribution in [0.1, 0.15) is 13.8 Å². The molecule has 0 saturated carbocycles. The van der Waals surface area contributed by atoms with Gasteiger partial charge in [0.05, 0.1) is 17.2 Å². The Bertz CT molecular complexity index is 284. The zero-order chi connectivity index (χ0) is 9.14. The molecule has 0 N–H and O–H groups in total. The van der Waals surface area contributed by atoms with Crippen molar-refractivity contribution >= 4 is 22.2 Å². The zero-order valence-electron chi connectivity index (χ0n) is 7.10. The van der Waals surface area contributed by atoms with E-state index in [0.29, 0.717) is 0 Å². The van der Waals surface area contributed by atoms with Gasteiger partial charge in [-0.1, -0.05) is 15.9 Å². The van der Waals surface area contributed by atoms with E-state index < -0.39 is 0 Å². The molecule has 0 radical (unpaired) electrons. The van der Waals surface area contributed by atoms with Gasteiger partial charge in [-0.2, -0.15) is 0 Å². The molecule has 0 spiro atoms. The van der Waals surface area contributed by atoms with Crippen LogP contribution in [0.15, 0.2) is 28.9 Å². The number of carbonyl (C=O) groups is 1. The largest absolute Gasteiger partial charge is 0.300 e. The van der Waals surface area contributed by atoms with Crippen molar-refractivity contribution < 1.29 is 4.79 Å². The fourth-order valence-corrected chi connectivity index (χ4v) is 1.95. The summed E-state index contributed by atoms with van der Waals surface area (Å²) in [7, 11) is 0. The van der Waals surface area contributed by atoms with Gasteiger partial charge in [0.25, 0.3) is 0 Å². The summed E-state index contributed by atoms with van der Waals surface area (Å²) in [5.41, 5.74) is 3.19. The SMILES string of the molecule is CC1=[C+]C=CC(C)=C1C(Br)C=O. The normalized spacial score (nSPS) is 18.4. The molecule has 0 aromatic heterocycles. The minimum Gasteiger partial charge on any atom is -0.300 e. The van der Waals surface area contributed by atoms with E-state index >= 15 is 0 Å². The number of hydrogen-bond acceptors (Lipinski definition) is 1. The molecule has 1 aliphatic rings. The molecule has 0 aliphatic heterocycles. The number of carbonyl (C=O) groups excluding carboxylic acids is 1. The Morgan fingerprint density at radius 2 is 2.25 bits per heavy atom. The maximum absolute atomic E-state index is 10.5. The van der Waals surface area contributed by atoms with Crippen molar-refractivity contribution in [2.24, 2.45) is 0 Å². The van der Waals surface area contributed by atoms with E-state index in [1.54, 1.807) is 0 Å². The lowest BCUT2D eigenvalue weighted by Gasteiger charge is -2.05. The van der Waals surface area contributed by atoms with Crippen molar-refractivity contribution in [1.29, 1.82) is 0 Å². The zero-order valence-corrected chi connectivity index (χ0v) is 8.68. The molecule has 0 bridgehead atoms. The minimum atomic E-state index is -0.199. The topological polar surface area (TPSA) is 17.1 Å². The molecule has 0 heterocycles. The number of hydrogen-bond donors (Lipinski definition) is 0. The number of allylic oxidation sites excluding steroid dienone is 6. The lowest BCUT2D eigenvalue weighted by molar-refractivity contribution is -0.106. The summed E-state index contributed by atoms with van der Waals surface area (Å²) in [4.78, 5) is 10.3. The average Bonchev–Trinajstić information content (AvgIpc) is 2.03. The summed E-state index contributed by atoms with van der Waals surface area (Å²) < 4.78 is 0. The van der Waals surface area contributed by atoms with E-state index in [9.17, 15) is 4.79 Å². The third-order valence-corrected chi connectivity index (χ3v) is 2.53. The molecule has 0 aromatic rings. The fourth-order valence-electron chi connectivity index (χ4n) is 1.25. The smallest absolute Gasteiger partial charge is 0.151 e. The first-order valence-corrected chi connectivity index (χ1v) is 4.65. The molecule has 1 unspecified atom stereocenters. The lowest BCUT2D eigenvalue weighted by atomic mass is 9.95. The van der Waals surface area contributed by atoms with Crippen LogP contribution in [0.25, 0.3) is 0 Å². The van der Waals surface area contributed by atoms with Crippen LogP contribution in [-0.2, 0) is 4.79 Å². The lowest BCUT2D eigenvalue weighted by Crippen LogP contribution is -2.08. The quantitative estimate of drug-likeness (QED) is 0.401. The molecule has 2 heteroatoms. The van der Waals surface area contributed by atoms with Gasteiger partial charge in [0.2, 0.25) is 0 Å². The molecular weight excluding hydrogens is 216 g/mol. The number of halogens is 1. The van der Waals surface area contributed by atoms with Crippen LogP contribution in [0.5, 0.6) is 0 Å². The maximum Gasteiger partial charge on any atom is 0.151 e. The Morgan fingerprint density at radius 3 is 2.75 bits per heavy atom. The molecule has 1 rings (SSSR count). The molecule has 1 atom stereocenters. The van der Waals surface area contributed by atoms with Gasteiger partial charge in [0, 0.05) is 6.08 Å². The van der Waals surface area contributed by atoms with Crippen LogP contribution in [0.3, 0.4) is 0 Å². The molecule has 1 aliphatic carbocycles. The first kappa shape index (κ1) is 9.37. The second-order valence-electron chi connectivity index (χ2n) is 2.74. The minimum absolute atomic E-state index is 0.199. The predicted octanol–water partition coefficient (Wildman–Crippen LogP) is 2.58. The molecule has 0 aromatic carbocycles. The highest BCUT2D eigenvalue weighted by molar-refractivity contribution is 9.10. The average molecular weight is 226 g/mol. The van der Waals surface area contributed by atoms with Crippen LogP contribution in [0.4, 0.5) is 0 Å². The highest BCUT2D eigenvalue weighted by Crippen LogP contribution is 2.25. The standard InChI is InChI=1S/C10H10BrO/c1-7-4-3-5-8(2)10(7)9(11)6-12/h3-4,6,9H,1-2H3/q+1. The fraction of sp³-hybridized carbons (Fsp3) is 0.300. The van der Waals surface area contributed by atoms with Crippen molar-refractivity contribution in [1.82, 2.24) is 0 Å². The number of rotatable bonds is 2. The Hall–Kier alpha value is -0.720. The summed E-state index contributed by atoms with van der Waals surface area (Å²) >= 11 is 3.30. The molecule has 62 valence electrons. The molecule has 1 nitrogen and oxygen atoms in total. The summed E-state index contributed by atoms with van der Waals surface area (Å²) in [5, 5.41) is 0. The molecule has 0 saturated heterocycles. The van der Waals surface area contributed by atoms with E-state index in [4.69, 9.17) is 0 Å². The Balaban J connectivity index is 3.08. The van der Waals surface area contributed by atoms with Gasteiger partial charge < -0.3 is 4.79 Å². The first-order valence-electron chi connectivity index (χ1n) is 3.74. The molecule has 12 heavy (non-hydrogen) atoms. The second kappa shape index (κ2) is 3.79. The number of alkyl halides is 1. The van der Waals surface area contributed by atoms with Crippen LogP contribution in [0.2, 0.25) is 0 Å². The Kier molecular flexibility index (Phi) is 2.96. The highest BCUT2D eigenvalue weighted by Gasteiger charge is 2.23. The predicted molar refractivity (Wildman–Crippen MR) is 53.0 cm³/mol. The van der Waals surface area contributed by atoms with Gasteiger partial charge in [0.15, 0.2) is 6.29 Å². The van der Waals surface area contributed by atoms with Crippen molar-refractivity contribution in [3.05, 3.63) is 34.9 Å². The Labute approximate surface area is 81.0 Å². The molecule has 0 amide bonds. The second-order valence-corrected chi connectivity index (χ2v) is 3.72. The molecule has 0 fully saturated rings. The van der Waals surface area contributed by atoms with E-state index in [1.165, 1.54) is 0 Å². The van der Waals surface area contributed by atoms with E-state index in [1.807, 2.05) is 26.0 Å². The molecular formula is C10H10BrO+. The monoisotopic (exact) mass is 225 g/mol. The van der Waals surface area contributed by atoms with E-state index in [0.717, 1.165) is 23.0 Å². The van der Waals surface area contributed by atoms with Crippen LogP contribution in [0, 0.1) is 6.08 Å². The van der Waals surface area contributed by atoms with E-state index in [2.05, 4.69) is 22.0 Å². The number of aldehydes is 1. The van der Waals surface area contributed by atoms with Crippen molar-refractivity contribution in [2.75, 3.05) is 0 Å². The van der Waals surface area contributed by atoms with Gasteiger partial charge in [-0.25, -0.2) is 0 Å². The summed E-state index contributed by atoms with van der Waals surface area (Å²) in [6, 6.07) is 0. The maximum atomic E-state index is 10.5. The van der Waals surface area contributed by atoms with Crippen LogP contribution < -0.4 is 0 Å². The van der Waals surface area contributed by atoms with E-state index in [-0.39, 0.29) is 4.83 Å². The van der Waals surface area contributed by atoms with Gasteiger partial charge in [-0.05, 0) is 13.8 Å². The van der Waals surface area contributed by atoms with Gasteiger partial charge >= 0.3 is 0 Å². The highest BCUT2D eigenvalue weighted by atomic mass is 79.9.